The number of anilines is 1. The molecule has 0 saturated heterocycles. The maximum Gasteiger partial charge on any atom is 0.202 e. The number of benzene rings is 1. The first kappa shape index (κ1) is 9.61. The first-order valence-corrected chi connectivity index (χ1v) is 6.08. The summed E-state index contributed by atoms with van der Waals surface area (Å²) in [5, 5.41) is 7.77. The molecule has 0 spiro atoms. The van der Waals surface area contributed by atoms with Crippen molar-refractivity contribution in [3.05, 3.63) is 24.3 Å². The van der Waals surface area contributed by atoms with Crippen LogP contribution >= 0.6 is 23.1 Å². The molecule has 80 valence electrons. The standard InChI is InChI=1S/C9H6N4OS2/c10-7-8(13-14-12-7)16-9-11-5-3-1-2-4-6(5)15-9/h1-4H,(H2,10,12). The van der Waals surface area contributed by atoms with Gasteiger partial charge in [-0.3, -0.25) is 0 Å². The predicted molar refractivity (Wildman–Crippen MR) is 62.5 cm³/mol. The Labute approximate surface area is 98.6 Å². The molecule has 0 radical (unpaired) electrons. The van der Waals surface area contributed by atoms with E-state index in [0.29, 0.717) is 10.8 Å². The van der Waals surface area contributed by atoms with Crippen LogP contribution in [0.25, 0.3) is 10.2 Å². The Hall–Kier alpha value is -1.60. The number of nitrogens with two attached hydrogens (primary N) is 1. The van der Waals surface area contributed by atoms with Crippen LogP contribution < -0.4 is 5.73 Å². The van der Waals surface area contributed by atoms with Gasteiger partial charge in [-0.25, -0.2) is 9.61 Å². The number of aromatic nitrogens is 3. The van der Waals surface area contributed by atoms with E-state index in [9.17, 15) is 0 Å². The van der Waals surface area contributed by atoms with Crippen LogP contribution in [0.1, 0.15) is 0 Å². The summed E-state index contributed by atoms with van der Waals surface area (Å²) in [5.41, 5.74) is 6.55. The van der Waals surface area contributed by atoms with Crippen molar-refractivity contribution in [1.82, 2.24) is 15.3 Å². The highest BCUT2D eigenvalue weighted by Crippen LogP contribution is 2.34. The number of hydrogen-bond acceptors (Lipinski definition) is 7. The van der Waals surface area contributed by atoms with E-state index in [0.717, 1.165) is 14.6 Å². The first-order chi connectivity index (χ1) is 7.83. The Morgan fingerprint density at radius 3 is 2.88 bits per heavy atom. The molecule has 0 unspecified atom stereocenters. The molecular weight excluding hydrogens is 244 g/mol. The first-order valence-electron chi connectivity index (χ1n) is 4.44. The number of para-hydroxylation sites is 1. The third-order valence-corrected chi connectivity index (χ3v) is 4.01. The summed E-state index contributed by atoms with van der Waals surface area (Å²) in [7, 11) is 0. The van der Waals surface area contributed by atoms with Gasteiger partial charge in [0.1, 0.15) is 0 Å². The normalized spacial score (nSPS) is 11.0. The van der Waals surface area contributed by atoms with Gasteiger partial charge in [0.05, 0.1) is 10.2 Å². The summed E-state index contributed by atoms with van der Waals surface area (Å²) >= 11 is 2.95. The van der Waals surface area contributed by atoms with Crippen molar-refractivity contribution >= 4 is 39.1 Å². The summed E-state index contributed by atoms with van der Waals surface area (Å²) < 4.78 is 6.54. The van der Waals surface area contributed by atoms with Crippen LogP contribution in [0.15, 0.2) is 38.3 Å². The fourth-order valence-corrected chi connectivity index (χ4v) is 3.13. The number of hydrogen-bond donors (Lipinski definition) is 1. The van der Waals surface area contributed by atoms with Gasteiger partial charge in [0.2, 0.25) is 5.82 Å². The molecular formula is C9H6N4OS2. The molecule has 0 saturated carbocycles. The van der Waals surface area contributed by atoms with E-state index in [2.05, 4.69) is 19.9 Å². The van der Waals surface area contributed by atoms with Gasteiger partial charge in [0.15, 0.2) is 9.37 Å². The zero-order valence-electron chi connectivity index (χ0n) is 7.95. The van der Waals surface area contributed by atoms with Gasteiger partial charge in [-0.05, 0) is 34.2 Å². The summed E-state index contributed by atoms with van der Waals surface area (Å²) in [6.07, 6.45) is 0. The maximum absolute atomic E-state index is 5.57. The molecule has 2 N–H and O–H groups in total. The Morgan fingerprint density at radius 2 is 2.12 bits per heavy atom. The minimum Gasteiger partial charge on any atom is -0.379 e. The van der Waals surface area contributed by atoms with E-state index in [4.69, 9.17) is 5.73 Å². The highest BCUT2D eigenvalue weighted by Gasteiger charge is 2.11. The molecule has 0 fully saturated rings. The summed E-state index contributed by atoms with van der Waals surface area (Å²) in [4.78, 5) is 4.45. The van der Waals surface area contributed by atoms with E-state index in [1.807, 2.05) is 24.3 Å². The Balaban J connectivity index is 1.98. The van der Waals surface area contributed by atoms with E-state index in [1.165, 1.54) is 11.8 Å². The van der Waals surface area contributed by atoms with Crippen molar-refractivity contribution in [3.8, 4) is 0 Å². The molecule has 3 rings (SSSR count). The molecule has 0 aliphatic rings. The van der Waals surface area contributed by atoms with Crippen LogP contribution in [0.5, 0.6) is 0 Å². The zero-order chi connectivity index (χ0) is 11.0. The number of thiazole rings is 1. The largest absolute Gasteiger partial charge is 0.379 e. The van der Waals surface area contributed by atoms with Gasteiger partial charge in [0, 0.05) is 0 Å². The van der Waals surface area contributed by atoms with Gasteiger partial charge in [-0.2, -0.15) is 0 Å². The van der Waals surface area contributed by atoms with Crippen molar-refractivity contribution in [2.24, 2.45) is 0 Å². The average molecular weight is 250 g/mol. The van der Waals surface area contributed by atoms with Crippen LogP contribution in [0.2, 0.25) is 0 Å². The molecule has 16 heavy (non-hydrogen) atoms. The number of nitrogen functional groups attached to an aromatic ring is 1. The van der Waals surface area contributed by atoms with Crippen LogP contribution in [0, 0.1) is 0 Å². The fraction of sp³-hybridized carbons (Fsp3) is 0. The molecule has 2 heterocycles. The third kappa shape index (κ3) is 1.63. The van der Waals surface area contributed by atoms with E-state index >= 15 is 0 Å². The van der Waals surface area contributed by atoms with Crippen molar-refractivity contribution < 1.29 is 4.63 Å². The van der Waals surface area contributed by atoms with Gasteiger partial charge < -0.3 is 5.73 Å². The van der Waals surface area contributed by atoms with Gasteiger partial charge in [-0.15, -0.1) is 11.3 Å². The van der Waals surface area contributed by atoms with Crippen LogP contribution in [0.4, 0.5) is 5.82 Å². The lowest BCUT2D eigenvalue weighted by Gasteiger charge is -1.88. The smallest absolute Gasteiger partial charge is 0.202 e. The van der Waals surface area contributed by atoms with Gasteiger partial charge in [0.25, 0.3) is 0 Å². The molecule has 5 nitrogen and oxygen atoms in total. The van der Waals surface area contributed by atoms with Gasteiger partial charge in [-0.1, -0.05) is 12.1 Å². The van der Waals surface area contributed by atoms with Crippen molar-refractivity contribution in [1.29, 1.82) is 0 Å². The second kappa shape index (κ2) is 3.76. The highest BCUT2D eigenvalue weighted by molar-refractivity contribution is 8.01. The number of rotatable bonds is 2. The molecule has 0 atom stereocenters. The average Bonchev–Trinajstić information content (AvgIpc) is 2.85. The quantitative estimate of drug-likeness (QED) is 0.752. The molecule has 1 aromatic carbocycles. The lowest BCUT2D eigenvalue weighted by molar-refractivity contribution is 0.300. The predicted octanol–water partition coefficient (Wildman–Crippen LogP) is 2.41. The van der Waals surface area contributed by atoms with Crippen molar-refractivity contribution in [2.45, 2.75) is 9.37 Å². The fourth-order valence-electron chi connectivity index (χ4n) is 1.24. The van der Waals surface area contributed by atoms with E-state index in [1.54, 1.807) is 11.3 Å². The SMILES string of the molecule is Nc1nonc1Sc1nc2ccccc2s1. The molecule has 7 heteroatoms. The zero-order valence-corrected chi connectivity index (χ0v) is 9.59. The second-order valence-electron chi connectivity index (χ2n) is 3.00. The second-order valence-corrected chi connectivity index (χ2v) is 5.27. The minimum absolute atomic E-state index is 0.296. The van der Waals surface area contributed by atoms with Crippen LogP contribution in [-0.4, -0.2) is 15.3 Å². The maximum atomic E-state index is 5.57. The van der Waals surface area contributed by atoms with Crippen molar-refractivity contribution in [3.63, 3.8) is 0 Å². The summed E-state index contributed by atoms with van der Waals surface area (Å²) in [6.45, 7) is 0. The van der Waals surface area contributed by atoms with E-state index in [-0.39, 0.29) is 0 Å². The lowest BCUT2D eigenvalue weighted by Crippen LogP contribution is -1.85. The minimum atomic E-state index is 0.296. The van der Waals surface area contributed by atoms with E-state index < -0.39 is 0 Å². The summed E-state index contributed by atoms with van der Waals surface area (Å²) in [6, 6.07) is 7.95. The molecule has 3 aromatic rings. The Morgan fingerprint density at radius 1 is 1.25 bits per heavy atom. The topological polar surface area (TPSA) is 77.8 Å². The third-order valence-electron chi connectivity index (χ3n) is 1.94. The van der Waals surface area contributed by atoms with Crippen LogP contribution in [0.3, 0.4) is 0 Å². The molecule has 0 amide bonds. The van der Waals surface area contributed by atoms with Crippen LogP contribution in [-0.2, 0) is 0 Å². The Kier molecular flexibility index (Phi) is 2.26. The van der Waals surface area contributed by atoms with Crippen molar-refractivity contribution in [2.75, 3.05) is 5.73 Å². The van der Waals surface area contributed by atoms with Gasteiger partial charge >= 0.3 is 0 Å². The Bertz CT molecular complexity index is 600. The molecule has 0 aliphatic heterocycles. The lowest BCUT2D eigenvalue weighted by atomic mass is 10.3. The number of fused-ring (bicyclic) bond motifs is 1. The molecule has 0 bridgehead atoms. The number of nitrogens with zero attached hydrogens (tertiary/aromatic N) is 3. The monoisotopic (exact) mass is 250 g/mol. The molecule has 0 aliphatic carbocycles. The highest BCUT2D eigenvalue weighted by atomic mass is 32.2. The molecule has 2 aromatic heterocycles. The summed E-state index contributed by atoms with van der Waals surface area (Å²) in [5.74, 6) is 0.296.